The molecule has 3 aromatic rings. The fourth-order valence-electron chi connectivity index (χ4n) is 4.64. The highest BCUT2D eigenvalue weighted by Crippen LogP contribution is 2.21. The number of carboxylic acids is 3. The number of likely N-dealkylation sites (N-methyl/N-ethyl adjacent to an activating group) is 1. The van der Waals surface area contributed by atoms with Crippen molar-refractivity contribution < 1.29 is 39.3 Å². The minimum atomic E-state index is -1.86. The molecular weight excluding hydrogens is 562 g/mol. The first kappa shape index (κ1) is 32.4. The average Bonchev–Trinajstić information content (AvgIpc) is 2.95. The van der Waals surface area contributed by atoms with E-state index < -0.39 is 60.4 Å². The maximum Gasteiger partial charge on any atom is 0.326 e. The Kier molecular flexibility index (Phi) is 10.3. The fourth-order valence-corrected chi connectivity index (χ4v) is 4.64. The fraction of sp³-hybridized carbons (Fsp3) is 0.345. The van der Waals surface area contributed by atoms with E-state index in [1.807, 2.05) is 18.0 Å². The third-order valence-corrected chi connectivity index (χ3v) is 7.07. The minimum Gasteiger partial charge on any atom is -0.481 e. The number of benzene rings is 2. The van der Waals surface area contributed by atoms with Crippen LogP contribution in [0, 0.1) is 12.8 Å². The number of carboxylic acid groups (broad SMARTS) is 3. The highest BCUT2D eigenvalue weighted by atomic mass is 16.4. The smallest absolute Gasteiger partial charge is 0.326 e. The molecule has 0 radical (unpaired) electrons. The number of ketones is 1. The van der Waals surface area contributed by atoms with Crippen molar-refractivity contribution in [1.29, 1.82) is 0 Å². The summed E-state index contributed by atoms with van der Waals surface area (Å²) in [6.07, 6.45) is -1.54. The lowest BCUT2D eigenvalue weighted by molar-refractivity contribution is -0.149. The van der Waals surface area contributed by atoms with E-state index in [0.717, 1.165) is 16.2 Å². The van der Waals surface area contributed by atoms with E-state index in [2.05, 4.69) is 9.97 Å². The summed E-state index contributed by atoms with van der Waals surface area (Å²) in [6.45, 7) is 2.13. The van der Waals surface area contributed by atoms with Gasteiger partial charge in [0.2, 0.25) is 0 Å². The van der Waals surface area contributed by atoms with Crippen molar-refractivity contribution >= 4 is 46.2 Å². The Morgan fingerprint density at radius 1 is 0.977 bits per heavy atom. The van der Waals surface area contributed by atoms with Crippen LogP contribution in [-0.4, -0.2) is 86.0 Å². The Morgan fingerprint density at radius 2 is 1.63 bits per heavy atom. The first-order valence-corrected chi connectivity index (χ1v) is 13.2. The molecule has 3 rings (SSSR count). The van der Waals surface area contributed by atoms with Crippen molar-refractivity contribution in [1.82, 2.24) is 14.9 Å². The lowest BCUT2D eigenvalue weighted by atomic mass is 9.89. The van der Waals surface area contributed by atoms with Crippen LogP contribution in [0.15, 0.2) is 47.3 Å². The van der Waals surface area contributed by atoms with Crippen molar-refractivity contribution in [2.24, 2.45) is 11.7 Å². The molecule has 0 saturated carbocycles. The molecule has 1 heterocycles. The van der Waals surface area contributed by atoms with Crippen LogP contribution in [0.5, 0.6) is 0 Å². The number of aryl methyl sites for hydroxylation is 1. The second-order valence-corrected chi connectivity index (χ2v) is 10.2. The van der Waals surface area contributed by atoms with Gasteiger partial charge >= 0.3 is 17.9 Å². The van der Waals surface area contributed by atoms with Gasteiger partial charge in [0.15, 0.2) is 5.78 Å². The Morgan fingerprint density at radius 3 is 2.21 bits per heavy atom. The average molecular weight is 596 g/mol. The lowest BCUT2D eigenvalue weighted by Gasteiger charge is -2.28. The van der Waals surface area contributed by atoms with Gasteiger partial charge < -0.3 is 35.8 Å². The van der Waals surface area contributed by atoms with Crippen molar-refractivity contribution in [3.05, 3.63) is 69.8 Å². The molecule has 0 spiro atoms. The standard InChI is InChI=1S/C29H33N5O9/c1-15-31-22-10-4-16(12-19(22)26(38)32-15)14-33(2)18-7-5-17(6-8-18)27(39)34(3)23(29(42)43)13-20(28(40)41)25(37)21(30)9-11-24(35)36/h4-8,10,12,20-21,23H,9,11,13-14,30H2,1-3H3,(H,35,36)(H,40,41)(H,42,43)(H,31,32,38)/t20?,21-,23-/m0/s1. The third kappa shape index (κ3) is 8.01. The molecule has 0 fully saturated rings. The van der Waals surface area contributed by atoms with E-state index in [1.165, 1.54) is 19.2 Å². The quantitative estimate of drug-likeness (QED) is 0.166. The highest BCUT2D eigenvalue weighted by Gasteiger charge is 2.38. The Hall–Kier alpha value is -5.11. The first-order chi connectivity index (χ1) is 20.2. The van der Waals surface area contributed by atoms with Crippen LogP contribution < -0.4 is 16.2 Å². The van der Waals surface area contributed by atoms with E-state index in [1.54, 1.807) is 31.2 Å². The van der Waals surface area contributed by atoms with E-state index >= 15 is 0 Å². The highest BCUT2D eigenvalue weighted by molar-refractivity contribution is 6.02. The van der Waals surface area contributed by atoms with E-state index in [9.17, 15) is 39.0 Å². The van der Waals surface area contributed by atoms with Gasteiger partial charge in [0.1, 0.15) is 17.8 Å². The number of nitrogens with two attached hydrogens (primary N) is 1. The maximum atomic E-state index is 13.2. The van der Waals surface area contributed by atoms with Gasteiger partial charge in [-0.3, -0.25) is 24.0 Å². The molecule has 14 nitrogen and oxygen atoms in total. The largest absolute Gasteiger partial charge is 0.481 e. The van der Waals surface area contributed by atoms with Crippen molar-refractivity contribution in [3.63, 3.8) is 0 Å². The number of carbonyl (C=O) groups excluding carboxylic acids is 2. The van der Waals surface area contributed by atoms with Crippen LogP contribution in [0.2, 0.25) is 0 Å². The summed E-state index contributed by atoms with van der Waals surface area (Å²) in [5, 5.41) is 28.6. The number of nitrogens with one attached hydrogen (secondary N) is 1. The zero-order valence-corrected chi connectivity index (χ0v) is 23.8. The molecule has 0 bridgehead atoms. The summed E-state index contributed by atoms with van der Waals surface area (Å²) in [5.41, 5.74) is 7.72. The number of aromatic nitrogens is 2. The van der Waals surface area contributed by atoms with Crippen LogP contribution in [-0.2, 0) is 25.7 Å². The number of nitrogens with zero attached hydrogens (tertiary/aromatic N) is 3. The minimum absolute atomic E-state index is 0.126. The Bertz CT molecular complexity index is 1600. The summed E-state index contributed by atoms with van der Waals surface area (Å²) >= 11 is 0. The number of rotatable bonds is 14. The number of hydrogen-bond acceptors (Lipinski definition) is 9. The molecular formula is C29H33N5O9. The number of aliphatic carboxylic acids is 3. The predicted octanol–water partition coefficient (Wildman–Crippen LogP) is 1.25. The molecule has 228 valence electrons. The van der Waals surface area contributed by atoms with Crippen LogP contribution in [0.1, 0.15) is 41.0 Å². The molecule has 43 heavy (non-hydrogen) atoms. The van der Waals surface area contributed by atoms with Crippen molar-refractivity contribution in [2.45, 2.75) is 44.8 Å². The van der Waals surface area contributed by atoms with E-state index in [4.69, 9.17) is 10.8 Å². The molecule has 1 amide bonds. The summed E-state index contributed by atoms with van der Waals surface area (Å²) in [5.74, 6) is -7.45. The third-order valence-electron chi connectivity index (χ3n) is 7.07. The molecule has 14 heteroatoms. The number of anilines is 1. The van der Waals surface area contributed by atoms with Crippen LogP contribution in [0.3, 0.4) is 0 Å². The second-order valence-electron chi connectivity index (χ2n) is 10.2. The molecule has 6 N–H and O–H groups in total. The van der Waals surface area contributed by atoms with E-state index in [0.29, 0.717) is 23.3 Å². The number of Topliss-reactive ketones (excluding diaryl/α,β-unsaturated/α-hetero) is 1. The van der Waals surface area contributed by atoms with Gasteiger partial charge in [-0.1, -0.05) is 6.07 Å². The van der Waals surface area contributed by atoms with Crippen molar-refractivity contribution in [2.75, 3.05) is 19.0 Å². The number of aromatic amines is 1. The van der Waals surface area contributed by atoms with Gasteiger partial charge in [0.05, 0.1) is 16.9 Å². The van der Waals surface area contributed by atoms with Gasteiger partial charge in [-0.15, -0.1) is 0 Å². The first-order valence-electron chi connectivity index (χ1n) is 13.2. The number of H-pyrrole nitrogens is 1. The van der Waals surface area contributed by atoms with Crippen molar-refractivity contribution in [3.8, 4) is 0 Å². The maximum absolute atomic E-state index is 13.2. The topological polar surface area (TPSA) is 224 Å². The van der Waals surface area contributed by atoms with Gasteiger partial charge in [-0.25, -0.2) is 9.78 Å². The summed E-state index contributed by atoms with van der Waals surface area (Å²) in [4.78, 5) is 82.4. The van der Waals surface area contributed by atoms with Gasteiger partial charge in [0.25, 0.3) is 11.5 Å². The Balaban J connectivity index is 1.73. The molecule has 0 saturated heterocycles. The molecule has 2 aromatic carbocycles. The van der Waals surface area contributed by atoms with Crippen LogP contribution in [0.25, 0.3) is 10.9 Å². The van der Waals surface area contributed by atoms with Gasteiger partial charge in [0, 0.05) is 38.3 Å². The monoisotopic (exact) mass is 595 g/mol. The summed E-state index contributed by atoms with van der Waals surface area (Å²) in [6, 6.07) is 8.56. The molecule has 1 aromatic heterocycles. The lowest BCUT2D eigenvalue weighted by Crippen LogP contribution is -2.47. The second kappa shape index (κ2) is 13.7. The number of fused-ring (bicyclic) bond motifs is 1. The summed E-state index contributed by atoms with van der Waals surface area (Å²) < 4.78 is 0. The molecule has 0 aliphatic carbocycles. The molecule has 0 aliphatic rings. The van der Waals surface area contributed by atoms with Crippen LogP contribution in [0.4, 0.5) is 5.69 Å². The number of amides is 1. The van der Waals surface area contributed by atoms with Gasteiger partial charge in [-0.2, -0.15) is 0 Å². The molecule has 0 aliphatic heterocycles. The predicted molar refractivity (Wildman–Crippen MR) is 155 cm³/mol. The molecule has 1 unspecified atom stereocenters. The Labute approximate surface area is 245 Å². The van der Waals surface area contributed by atoms with E-state index in [-0.39, 0.29) is 17.5 Å². The van der Waals surface area contributed by atoms with Crippen LogP contribution >= 0.6 is 0 Å². The summed E-state index contributed by atoms with van der Waals surface area (Å²) in [7, 11) is 3.00. The van der Waals surface area contributed by atoms with Gasteiger partial charge in [-0.05, 0) is 61.7 Å². The number of carbonyl (C=O) groups is 5. The number of hydrogen-bond donors (Lipinski definition) is 5. The zero-order valence-electron chi connectivity index (χ0n) is 23.8. The zero-order chi connectivity index (χ0) is 32.0. The normalized spacial score (nSPS) is 13.1. The SMILES string of the molecule is Cc1nc2ccc(CN(C)c3ccc(C(=O)N(C)[C@@H](CC(C(=O)O)C(=O)[C@@H](N)CCC(=O)O)C(=O)O)cc3)cc2c(=O)[nH]1. The molecule has 3 atom stereocenters.